The molecule has 0 N–H and O–H groups in total. The molecule has 21 aromatic rings. The lowest BCUT2D eigenvalue weighted by Gasteiger charge is -2.28. The van der Waals surface area contributed by atoms with Gasteiger partial charge in [0.1, 0.15) is 0 Å². The van der Waals surface area contributed by atoms with Gasteiger partial charge in [0.25, 0.3) is 0 Å². The second-order valence-corrected chi connectivity index (χ2v) is 31.5. The van der Waals surface area contributed by atoms with Crippen LogP contribution in [-0.2, 0) is 0 Å². The quantitative estimate of drug-likeness (QED) is 0.0870. The first-order valence-corrected chi connectivity index (χ1v) is 40.3. The maximum atomic E-state index is 2.52. The van der Waals surface area contributed by atoms with E-state index < -0.39 is 0 Å². The van der Waals surface area contributed by atoms with Gasteiger partial charge in [0.2, 0.25) is 0 Å². The molecule has 542 valence electrons. The Morgan fingerprint density at radius 2 is 0.374 bits per heavy atom. The molecule has 0 bridgehead atoms. The molecule has 1 heteroatoms. The average Bonchev–Trinajstić information content (AvgIpc) is 0.737. The Labute approximate surface area is 670 Å². The number of fused-ring (bicyclic) bond motifs is 15. The number of aryl methyl sites for hydroxylation is 6. The molecule has 115 heavy (non-hydrogen) atoms. The number of nitrogens with zero attached hydrogens (tertiary/aromatic N) is 1. The summed E-state index contributed by atoms with van der Waals surface area (Å²) in [5.74, 6) is 0. The van der Waals surface area contributed by atoms with Gasteiger partial charge in [0.15, 0.2) is 0 Å². The summed E-state index contributed by atoms with van der Waals surface area (Å²) in [6, 6.07) is 129. The van der Waals surface area contributed by atoms with E-state index in [1.807, 2.05) is 0 Å². The van der Waals surface area contributed by atoms with Crippen molar-refractivity contribution in [3.63, 3.8) is 0 Å². The van der Waals surface area contributed by atoms with Crippen molar-refractivity contribution in [3.05, 3.63) is 413 Å². The first kappa shape index (κ1) is 68.8. The molecule has 0 aliphatic rings. The smallest absolute Gasteiger partial charge is 0.0468 e. The van der Waals surface area contributed by atoms with Crippen molar-refractivity contribution in [1.29, 1.82) is 0 Å². The van der Waals surface area contributed by atoms with Gasteiger partial charge in [-0.2, -0.15) is 0 Å². The molecule has 0 saturated carbocycles. The van der Waals surface area contributed by atoms with E-state index in [0.717, 1.165) is 17.1 Å². The molecule has 0 saturated heterocycles. The molecule has 0 aliphatic heterocycles. The van der Waals surface area contributed by atoms with E-state index in [9.17, 15) is 0 Å². The summed E-state index contributed by atoms with van der Waals surface area (Å²) < 4.78 is 0. The minimum atomic E-state index is 1.11. The van der Waals surface area contributed by atoms with Crippen molar-refractivity contribution in [2.24, 2.45) is 0 Å². The fraction of sp³-hybridized carbons (Fsp3) is 0.0526. The van der Waals surface area contributed by atoms with Crippen LogP contribution in [0, 0.1) is 41.5 Å². The Morgan fingerprint density at radius 3 is 0.652 bits per heavy atom. The second-order valence-electron chi connectivity index (χ2n) is 31.5. The first-order valence-electron chi connectivity index (χ1n) is 40.3. The van der Waals surface area contributed by atoms with Crippen LogP contribution in [0.3, 0.4) is 0 Å². The molecule has 1 nitrogen and oxygen atoms in total. The third kappa shape index (κ3) is 11.7. The van der Waals surface area contributed by atoms with Crippen LogP contribution in [0.4, 0.5) is 17.1 Å². The number of anilines is 3. The van der Waals surface area contributed by atoms with E-state index in [4.69, 9.17) is 0 Å². The van der Waals surface area contributed by atoms with Gasteiger partial charge in [-0.05, 0) is 326 Å². The zero-order valence-electron chi connectivity index (χ0n) is 65.3. The highest BCUT2D eigenvalue weighted by molar-refractivity contribution is 6.18. The van der Waals surface area contributed by atoms with Gasteiger partial charge in [-0.3, -0.25) is 0 Å². The molecule has 0 aliphatic carbocycles. The second kappa shape index (κ2) is 27.9. The Morgan fingerprint density at radius 1 is 0.157 bits per heavy atom. The van der Waals surface area contributed by atoms with E-state index in [0.29, 0.717) is 0 Å². The SMILES string of the molecule is Cc1c(C)c2cc(N(c3ccc4c(c3)c(C)c(C)c3cc(-c5ccc(/C=C/c6cccc7ccccc67)c6ccccc56)ccc34)c3ccc4c(c3)c(C)c(C)c3cc(-c5ccc(/C=C/c6cccc7ccccc67)c6ccccc56)ccc34)ccc2c2ccc(-c3ccc(/C=C/c4cccc5ccccc45)c4ccccc34)cc12. The highest BCUT2D eigenvalue weighted by Crippen LogP contribution is 2.48. The van der Waals surface area contributed by atoms with Crippen LogP contribution in [-0.4, -0.2) is 0 Å². The minimum Gasteiger partial charge on any atom is -0.310 e. The third-order valence-electron chi connectivity index (χ3n) is 25.4. The van der Waals surface area contributed by atoms with Gasteiger partial charge < -0.3 is 4.90 Å². The van der Waals surface area contributed by atoms with E-state index in [1.165, 1.54) is 229 Å². The first-order chi connectivity index (χ1) is 56.5. The zero-order valence-corrected chi connectivity index (χ0v) is 65.3. The van der Waals surface area contributed by atoms with Crippen molar-refractivity contribution in [1.82, 2.24) is 0 Å². The van der Waals surface area contributed by atoms with Gasteiger partial charge in [-0.25, -0.2) is 0 Å². The van der Waals surface area contributed by atoms with Crippen LogP contribution in [0.2, 0.25) is 0 Å². The van der Waals surface area contributed by atoms with E-state index >= 15 is 0 Å². The van der Waals surface area contributed by atoms with Gasteiger partial charge in [0, 0.05) is 17.1 Å². The highest BCUT2D eigenvalue weighted by atomic mass is 15.1. The van der Waals surface area contributed by atoms with Crippen molar-refractivity contribution in [2.45, 2.75) is 41.5 Å². The molecule has 0 heterocycles. The van der Waals surface area contributed by atoms with E-state index in [2.05, 4.69) is 429 Å². The van der Waals surface area contributed by atoms with Crippen molar-refractivity contribution in [3.8, 4) is 33.4 Å². The Hall–Kier alpha value is -14.2. The van der Waals surface area contributed by atoms with Gasteiger partial charge >= 0.3 is 0 Å². The summed E-state index contributed by atoms with van der Waals surface area (Å²) in [5, 5.41) is 30.0. The lowest BCUT2D eigenvalue weighted by Crippen LogP contribution is -2.10. The topological polar surface area (TPSA) is 3.24 Å². The normalized spacial score (nSPS) is 12.2. The standard InChI is InChI=1S/C114H81N/c1-70-73(4)112-67-88(52-61-106(112)103-58-49-85(64-109(70)103)97-55-46-82(94-34-13-16-37-100(94)97)43-40-79-28-19-25-76-22-7-10-31-91(76)79)115(89-53-62-107-104-59-50-86(65-110(104)71(2)74(5)113(107)68-89)98-56-47-83(95-35-14-17-38-101(95)98)44-41-80-29-20-26-77-23-8-11-32-92(77)80)90-54-63-108-105-60-51-87(66-111(105)72(3)75(6)114(108)69-90)99-57-48-84(96-36-15-18-39-102(96)99)45-42-81-30-21-27-78-24-9-12-33-93(78)81/h7-69H,1-6H3/b43-40+,44-41+,45-42+. The zero-order chi connectivity index (χ0) is 77.1. The van der Waals surface area contributed by atoms with Crippen molar-refractivity contribution >= 4 is 183 Å². The van der Waals surface area contributed by atoms with Crippen LogP contribution in [0.1, 0.15) is 66.8 Å². The summed E-state index contributed by atoms with van der Waals surface area (Å²) in [6.45, 7) is 14.0. The number of benzene rings is 21. The average molecular weight is 1460 g/mol. The summed E-state index contributed by atoms with van der Waals surface area (Å²) >= 11 is 0. The summed E-state index contributed by atoms with van der Waals surface area (Å²) in [6.07, 6.45) is 13.7. The Kier molecular flexibility index (Phi) is 16.7. The molecule has 21 rings (SSSR count). The fourth-order valence-electron chi connectivity index (χ4n) is 19.0. The van der Waals surface area contributed by atoms with Crippen molar-refractivity contribution < 1.29 is 0 Å². The van der Waals surface area contributed by atoms with Crippen LogP contribution in [0.5, 0.6) is 0 Å². The molecule has 0 amide bonds. The molecule has 21 aromatic carbocycles. The molecular formula is C114H81N. The van der Waals surface area contributed by atoms with Gasteiger partial charge in [-0.15, -0.1) is 0 Å². The molecule has 0 fully saturated rings. The van der Waals surface area contributed by atoms with Crippen LogP contribution >= 0.6 is 0 Å². The number of hydrogen-bond donors (Lipinski definition) is 0. The fourth-order valence-corrected chi connectivity index (χ4v) is 19.0. The largest absolute Gasteiger partial charge is 0.310 e. The van der Waals surface area contributed by atoms with Crippen molar-refractivity contribution in [2.75, 3.05) is 4.90 Å². The monoisotopic (exact) mass is 1460 g/mol. The molecular weight excluding hydrogens is 1380 g/mol. The molecule has 0 aromatic heterocycles. The minimum absolute atomic E-state index is 1.11. The highest BCUT2D eigenvalue weighted by Gasteiger charge is 2.23. The van der Waals surface area contributed by atoms with Crippen LogP contribution in [0.15, 0.2) is 346 Å². The Bertz CT molecular complexity index is 7040. The van der Waals surface area contributed by atoms with Gasteiger partial charge in [0.05, 0.1) is 0 Å². The predicted octanol–water partition coefficient (Wildman–Crippen LogP) is 32.4. The summed E-state index contributed by atoms with van der Waals surface area (Å²) in [5.41, 5.74) is 25.6. The van der Waals surface area contributed by atoms with Crippen LogP contribution in [0.25, 0.3) is 199 Å². The molecule has 0 spiro atoms. The summed E-state index contributed by atoms with van der Waals surface area (Å²) in [4.78, 5) is 2.52. The lowest BCUT2D eigenvalue weighted by molar-refractivity contribution is 1.29. The van der Waals surface area contributed by atoms with E-state index in [-0.39, 0.29) is 0 Å². The maximum absolute atomic E-state index is 2.52. The molecule has 0 radical (unpaired) electrons. The Balaban J connectivity index is 0.673. The molecule has 0 unspecified atom stereocenters. The third-order valence-corrected chi connectivity index (χ3v) is 25.4. The number of rotatable bonds is 12. The van der Waals surface area contributed by atoms with E-state index in [1.54, 1.807) is 0 Å². The number of hydrogen-bond acceptors (Lipinski definition) is 1. The lowest BCUT2D eigenvalue weighted by atomic mass is 9.88. The molecule has 0 atom stereocenters. The maximum Gasteiger partial charge on any atom is 0.0468 e. The van der Waals surface area contributed by atoms with Crippen LogP contribution < -0.4 is 4.90 Å². The summed E-state index contributed by atoms with van der Waals surface area (Å²) in [7, 11) is 0. The predicted molar refractivity (Wildman–Crippen MR) is 502 cm³/mol. The van der Waals surface area contributed by atoms with Gasteiger partial charge in [-0.1, -0.05) is 328 Å².